The molecule has 1 fully saturated rings. The molecular weight excluding hydrogens is 296 g/mol. The van der Waals surface area contributed by atoms with Crippen molar-refractivity contribution in [1.29, 1.82) is 0 Å². The van der Waals surface area contributed by atoms with Crippen LogP contribution in [-0.2, 0) is 4.74 Å². The van der Waals surface area contributed by atoms with E-state index in [1.807, 2.05) is 16.8 Å². The van der Waals surface area contributed by atoms with E-state index >= 15 is 0 Å². The van der Waals surface area contributed by atoms with Crippen LogP contribution in [0.2, 0.25) is 0 Å². The van der Waals surface area contributed by atoms with Gasteiger partial charge in [-0.25, -0.2) is 9.67 Å². The lowest BCUT2D eigenvalue weighted by molar-refractivity contribution is -0.0383. The van der Waals surface area contributed by atoms with Gasteiger partial charge in [-0.3, -0.25) is 5.43 Å². The maximum atomic E-state index is 12.0. The van der Waals surface area contributed by atoms with E-state index in [-0.39, 0.29) is 12.2 Å². The predicted molar refractivity (Wildman–Crippen MR) is 86.8 cm³/mol. The normalized spacial score (nSPS) is 20.7. The van der Waals surface area contributed by atoms with Crippen LogP contribution in [0, 0.1) is 5.21 Å². The van der Waals surface area contributed by atoms with Gasteiger partial charge in [-0.15, -0.1) is 0 Å². The van der Waals surface area contributed by atoms with Crippen LogP contribution in [0.25, 0.3) is 11.3 Å². The van der Waals surface area contributed by atoms with Crippen molar-refractivity contribution >= 4 is 17.3 Å². The van der Waals surface area contributed by atoms with Crippen LogP contribution in [0.3, 0.4) is 0 Å². The van der Waals surface area contributed by atoms with Gasteiger partial charge in [0.05, 0.1) is 17.1 Å². The molecule has 0 aliphatic carbocycles. The minimum absolute atomic E-state index is 0.0556. The third-order valence-electron chi connectivity index (χ3n) is 4.05. The predicted octanol–water partition coefficient (Wildman–Crippen LogP) is 2.02. The number of fused-ring (bicyclic) bond motifs is 1. The number of nitrogens with one attached hydrogen (secondary N) is 1. The topological polar surface area (TPSA) is 104 Å². The van der Waals surface area contributed by atoms with Crippen molar-refractivity contribution in [3.8, 4) is 11.3 Å². The monoisotopic (exact) mass is 313 g/mol. The molecule has 0 radical (unpaired) electrons. The molecule has 0 amide bonds. The molecule has 0 saturated carbocycles. The molecule has 2 aliphatic rings. The number of hydrogen-bond acceptors (Lipinski definition) is 7. The minimum Gasteiger partial charge on any atom is -0.739 e. The molecule has 8 nitrogen and oxygen atoms in total. The lowest BCUT2D eigenvalue weighted by atomic mass is 10.1. The molecule has 1 aromatic carbocycles. The van der Waals surface area contributed by atoms with E-state index in [1.54, 1.807) is 18.3 Å². The summed E-state index contributed by atoms with van der Waals surface area (Å²) in [4.78, 5) is 4.13. The molecule has 1 saturated heterocycles. The lowest BCUT2D eigenvalue weighted by Crippen LogP contribution is -2.44. The first kappa shape index (κ1) is 14.0. The Balaban J connectivity index is 1.72. The summed E-state index contributed by atoms with van der Waals surface area (Å²) >= 11 is 0. The fourth-order valence-electron chi connectivity index (χ4n) is 2.95. The highest BCUT2D eigenvalue weighted by atomic mass is 16.5. The zero-order chi connectivity index (χ0) is 15.8. The standard InChI is InChI=1S/C15H17N6O2/c16-15-18-11-5-4-10(9-13(11)21(22)19-15)12-6-7-17-20(12)14-3-1-2-8-23-14/h4-7,9,14H,1-3,8H2,(H3,16,18,19)/q-1. The molecule has 4 rings (SSSR count). The Labute approximate surface area is 133 Å². The van der Waals surface area contributed by atoms with Gasteiger partial charge in [0.2, 0.25) is 5.96 Å². The molecule has 1 unspecified atom stereocenters. The summed E-state index contributed by atoms with van der Waals surface area (Å²) in [6.07, 6.45) is 4.84. The number of ether oxygens (including phenoxy) is 1. The Morgan fingerprint density at radius 3 is 3.04 bits per heavy atom. The minimum atomic E-state index is -0.0556. The largest absolute Gasteiger partial charge is 0.739 e. The molecular formula is C15H17N6O2-. The zero-order valence-electron chi connectivity index (χ0n) is 12.5. The van der Waals surface area contributed by atoms with Crippen LogP contribution in [0.15, 0.2) is 35.5 Å². The van der Waals surface area contributed by atoms with E-state index in [2.05, 4.69) is 15.5 Å². The van der Waals surface area contributed by atoms with Crippen LogP contribution in [-0.4, -0.2) is 22.3 Å². The van der Waals surface area contributed by atoms with Crippen LogP contribution < -0.4 is 16.3 Å². The molecule has 0 spiro atoms. The molecule has 0 bridgehead atoms. The third kappa shape index (κ3) is 2.51. The highest BCUT2D eigenvalue weighted by molar-refractivity contribution is 5.90. The molecule has 23 heavy (non-hydrogen) atoms. The number of rotatable bonds is 2. The molecule has 120 valence electrons. The molecule has 1 atom stereocenters. The van der Waals surface area contributed by atoms with Gasteiger partial charge in [0.1, 0.15) is 0 Å². The van der Waals surface area contributed by atoms with E-state index < -0.39 is 0 Å². The summed E-state index contributed by atoms with van der Waals surface area (Å²) in [5.74, 6) is 0.0842. The maximum Gasteiger partial charge on any atom is 0.212 e. The number of nitrogens with zero attached hydrogens (tertiary/aromatic N) is 4. The fourth-order valence-corrected chi connectivity index (χ4v) is 2.95. The first-order chi connectivity index (χ1) is 11.2. The van der Waals surface area contributed by atoms with Crippen molar-refractivity contribution in [3.63, 3.8) is 0 Å². The molecule has 3 N–H and O–H groups in total. The van der Waals surface area contributed by atoms with Gasteiger partial charge in [0, 0.05) is 18.4 Å². The summed E-state index contributed by atoms with van der Waals surface area (Å²) in [6.45, 7) is 0.750. The summed E-state index contributed by atoms with van der Waals surface area (Å²) in [5, 5.41) is 17.0. The summed E-state index contributed by atoms with van der Waals surface area (Å²) in [6, 6.07) is 7.39. The average Bonchev–Trinajstić information content (AvgIpc) is 3.05. The highest BCUT2D eigenvalue weighted by Crippen LogP contribution is 2.35. The second-order valence-corrected chi connectivity index (χ2v) is 5.59. The van der Waals surface area contributed by atoms with Crippen LogP contribution in [0.5, 0.6) is 0 Å². The Morgan fingerprint density at radius 2 is 2.22 bits per heavy atom. The van der Waals surface area contributed by atoms with Crippen LogP contribution in [0.4, 0.5) is 11.4 Å². The zero-order valence-corrected chi connectivity index (χ0v) is 12.5. The number of aromatic nitrogens is 2. The van der Waals surface area contributed by atoms with Gasteiger partial charge in [-0.2, -0.15) is 5.10 Å². The lowest BCUT2D eigenvalue weighted by Gasteiger charge is -2.35. The molecule has 8 heteroatoms. The second kappa shape index (κ2) is 5.56. The first-order valence-corrected chi connectivity index (χ1v) is 7.60. The van der Waals surface area contributed by atoms with Crippen LogP contribution in [0.1, 0.15) is 25.5 Å². The Bertz CT molecular complexity index is 750. The van der Waals surface area contributed by atoms with Crippen molar-refractivity contribution in [3.05, 3.63) is 35.7 Å². The molecule has 2 aliphatic heterocycles. The SMILES string of the molecule is NC1=Nc2ccc(-c3ccnn3C3CCCCO3)cc2N([O-])N1. The summed E-state index contributed by atoms with van der Waals surface area (Å²) in [7, 11) is 0. The first-order valence-electron chi connectivity index (χ1n) is 7.60. The molecule has 3 heterocycles. The van der Waals surface area contributed by atoms with Crippen molar-refractivity contribution < 1.29 is 4.74 Å². The highest BCUT2D eigenvalue weighted by Gasteiger charge is 2.20. The summed E-state index contributed by atoms with van der Waals surface area (Å²) < 4.78 is 7.69. The fraction of sp³-hybridized carbons (Fsp3) is 0.333. The Hall–Kier alpha value is -2.58. The Kier molecular flexibility index (Phi) is 3.40. The van der Waals surface area contributed by atoms with Crippen molar-refractivity contribution in [1.82, 2.24) is 15.2 Å². The average molecular weight is 313 g/mol. The van der Waals surface area contributed by atoms with E-state index in [0.717, 1.165) is 37.1 Å². The third-order valence-corrected chi connectivity index (χ3v) is 4.05. The molecule has 1 aromatic heterocycles. The number of benzene rings is 1. The number of nitrogens with two attached hydrogens (primary N) is 1. The van der Waals surface area contributed by atoms with E-state index in [1.165, 1.54) is 0 Å². The number of hydrogen-bond donors (Lipinski definition) is 2. The second-order valence-electron chi connectivity index (χ2n) is 5.59. The van der Waals surface area contributed by atoms with Crippen molar-refractivity contribution in [2.45, 2.75) is 25.5 Å². The van der Waals surface area contributed by atoms with Crippen molar-refractivity contribution in [2.24, 2.45) is 10.7 Å². The van der Waals surface area contributed by atoms with Gasteiger partial charge >= 0.3 is 0 Å². The van der Waals surface area contributed by atoms with Gasteiger partial charge in [0.25, 0.3) is 0 Å². The smallest absolute Gasteiger partial charge is 0.212 e. The van der Waals surface area contributed by atoms with E-state index in [4.69, 9.17) is 10.5 Å². The van der Waals surface area contributed by atoms with Gasteiger partial charge in [-0.05, 0) is 37.5 Å². The molecule has 2 aromatic rings. The van der Waals surface area contributed by atoms with E-state index in [0.29, 0.717) is 16.5 Å². The number of anilines is 1. The number of hydrazine groups is 1. The van der Waals surface area contributed by atoms with Gasteiger partial charge in [0.15, 0.2) is 6.23 Å². The number of guanidine groups is 1. The van der Waals surface area contributed by atoms with Gasteiger partial charge < -0.3 is 20.9 Å². The Morgan fingerprint density at radius 1 is 1.30 bits per heavy atom. The van der Waals surface area contributed by atoms with Crippen molar-refractivity contribution in [2.75, 3.05) is 11.8 Å². The number of aliphatic imine (C=N–C) groups is 1. The van der Waals surface area contributed by atoms with Crippen LogP contribution >= 0.6 is 0 Å². The maximum absolute atomic E-state index is 12.0. The van der Waals surface area contributed by atoms with Gasteiger partial charge in [-0.1, -0.05) is 6.07 Å². The van der Waals surface area contributed by atoms with E-state index in [9.17, 15) is 5.21 Å². The summed E-state index contributed by atoms with van der Waals surface area (Å²) in [5.41, 5.74) is 10.8. The quantitative estimate of drug-likeness (QED) is 0.879.